The molecule has 25 heavy (non-hydrogen) atoms. The molecule has 1 fully saturated rings. The molecule has 1 aromatic rings. The third-order valence-electron chi connectivity index (χ3n) is 4.16. The number of hydrogen-bond donors (Lipinski definition) is 1. The monoisotopic (exact) mass is 348 g/mol. The molecular formula is C17H24N4O4. The fraction of sp³-hybridized carbons (Fsp3) is 0.588. The van der Waals surface area contributed by atoms with E-state index in [0.29, 0.717) is 37.8 Å². The molecule has 0 radical (unpaired) electrons. The van der Waals surface area contributed by atoms with E-state index in [9.17, 15) is 9.59 Å². The highest BCUT2D eigenvalue weighted by Gasteiger charge is 2.36. The smallest absolute Gasteiger partial charge is 0.410 e. The van der Waals surface area contributed by atoms with Gasteiger partial charge in [-0.1, -0.05) is 0 Å². The lowest BCUT2D eigenvalue weighted by Crippen LogP contribution is -2.59. The second-order valence-corrected chi connectivity index (χ2v) is 7.18. The first-order valence-corrected chi connectivity index (χ1v) is 8.39. The molecule has 0 unspecified atom stereocenters. The number of nitrogens with zero attached hydrogens (tertiary/aromatic N) is 3. The topological polar surface area (TPSA) is 84.0 Å². The van der Waals surface area contributed by atoms with Crippen molar-refractivity contribution in [2.75, 3.05) is 38.2 Å². The SMILES string of the molecule is CNC(=O)c1ccc2c(n1)OC[C@@H]1CN(C(=O)OC(C)(C)C)CCN21. The van der Waals surface area contributed by atoms with Gasteiger partial charge in [0.05, 0.1) is 6.04 Å². The fourth-order valence-electron chi connectivity index (χ4n) is 2.99. The van der Waals surface area contributed by atoms with Gasteiger partial charge in [-0.05, 0) is 32.9 Å². The molecule has 8 nitrogen and oxygen atoms in total. The highest BCUT2D eigenvalue weighted by Crippen LogP contribution is 2.34. The van der Waals surface area contributed by atoms with E-state index in [1.165, 1.54) is 0 Å². The second kappa shape index (κ2) is 6.42. The van der Waals surface area contributed by atoms with Crippen molar-refractivity contribution in [1.82, 2.24) is 15.2 Å². The Balaban J connectivity index is 1.72. The van der Waals surface area contributed by atoms with E-state index in [0.717, 1.165) is 5.69 Å². The van der Waals surface area contributed by atoms with Crippen molar-refractivity contribution in [2.24, 2.45) is 0 Å². The Hall–Kier alpha value is -2.51. The highest BCUT2D eigenvalue weighted by atomic mass is 16.6. The third kappa shape index (κ3) is 3.62. The quantitative estimate of drug-likeness (QED) is 0.823. The number of amides is 2. The van der Waals surface area contributed by atoms with Crippen LogP contribution in [0.5, 0.6) is 5.88 Å². The van der Waals surface area contributed by atoms with Gasteiger partial charge in [-0.2, -0.15) is 0 Å². The summed E-state index contributed by atoms with van der Waals surface area (Å²) in [5.41, 5.74) is 0.671. The van der Waals surface area contributed by atoms with Crippen LogP contribution in [-0.4, -0.2) is 66.8 Å². The number of rotatable bonds is 1. The molecule has 0 aromatic carbocycles. The van der Waals surface area contributed by atoms with E-state index in [-0.39, 0.29) is 18.0 Å². The molecule has 0 spiro atoms. The predicted octanol–water partition coefficient (Wildman–Crippen LogP) is 1.26. The summed E-state index contributed by atoms with van der Waals surface area (Å²) in [6, 6.07) is 3.58. The van der Waals surface area contributed by atoms with Crippen LogP contribution in [0.25, 0.3) is 0 Å². The number of anilines is 1. The molecule has 1 saturated heterocycles. The molecule has 1 atom stereocenters. The lowest BCUT2D eigenvalue weighted by atomic mass is 10.1. The van der Waals surface area contributed by atoms with Crippen molar-refractivity contribution >= 4 is 17.7 Å². The van der Waals surface area contributed by atoms with Crippen molar-refractivity contribution in [2.45, 2.75) is 32.4 Å². The second-order valence-electron chi connectivity index (χ2n) is 7.18. The minimum Gasteiger partial charge on any atom is -0.474 e. The molecule has 3 rings (SSSR count). The van der Waals surface area contributed by atoms with Crippen LogP contribution in [0.15, 0.2) is 12.1 Å². The number of fused-ring (bicyclic) bond motifs is 3. The van der Waals surface area contributed by atoms with Crippen molar-refractivity contribution in [1.29, 1.82) is 0 Å². The van der Waals surface area contributed by atoms with Crippen LogP contribution in [0.4, 0.5) is 10.5 Å². The zero-order valence-electron chi connectivity index (χ0n) is 15.0. The van der Waals surface area contributed by atoms with Gasteiger partial charge >= 0.3 is 6.09 Å². The average molecular weight is 348 g/mol. The van der Waals surface area contributed by atoms with Gasteiger partial charge in [0.25, 0.3) is 5.91 Å². The summed E-state index contributed by atoms with van der Waals surface area (Å²) in [6.45, 7) is 7.76. The van der Waals surface area contributed by atoms with Crippen LogP contribution in [0, 0.1) is 0 Å². The summed E-state index contributed by atoms with van der Waals surface area (Å²) in [4.78, 5) is 32.2. The Kier molecular flexibility index (Phi) is 4.45. The number of carbonyl (C=O) groups is 2. The maximum absolute atomic E-state index is 12.3. The van der Waals surface area contributed by atoms with Gasteiger partial charge in [-0.25, -0.2) is 9.78 Å². The zero-order valence-corrected chi connectivity index (χ0v) is 15.0. The lowest BCUT2D eigenvalue weighted by Gasteiger charge is -2.45. The molecule has 2 aliphatic rings. The Bertz CT molecular complexity index is 686. The van der Waals surface area contributed by atoms with Crippen LogP contribution in [0.3, 0.4) is 0 Å². The molecule has 0 bridgehead atoms. The van der Waals surface area contributed by atoms with Crippen molar-refractivity contribution in [3.05, 3.63) is 17.8 Å². The van der Waals surface area contributed by atoms with Crippen LogP contribution >= 0.6 is 0 Å². The molecule has 0 aliphatic carbocycles. The number of ether oxygens (including phenoxy) is 2. The normalized spacial score (nSPS) is 19.4. The standard InChI is InChI=1S/C17H24N4O4/c1-17(2,3)25-16(23)20-7-8-21-11(9-20)10-24-15-13(21)6-5-12(19-15)14(22)18-4/h5-6,11H,7-10H2,1-4H3,(H,18,22)/t11-/m0/s1. The molecule has 1 N–H and O–H groups in total. The summed E-state index contributed by atoms with van der Waals surface area (Å²) in [6.07, 6.45) is -0.300. The minimum absolute atomic E-state index is 0.0430. The van der Waals surface area contributed by atoms with Crippen molar-refractivity contribution < 1.29 is 19.1 Å². The third-order valence-corrected chi connectivity index (χ3v) is 4.16. The first-order valence-electron chi connectivity index (χ1n) is 8.39. The maximum atomic E-state index is 12.3. The van der Waals surface area contributed by atoms with Gasteiger partial charge in [0, 0.05) is 26.7 Å². The number of nitrogens with one attached hydrogen (secondary N) is 1. The summed E-state index contributed by atoms with van der Waals surface area (Å²) in [5, 5.41) is 2.55. The Labute approximate surface area is 147 Å². The van der Waals surface area contributed by atoms with Crippen molar-refractivity contribution in [3.8, 4) is 5.88 Å². The van der Waals surface area contributed by atoms with Gasteiger partial charge in [0.2, 0.25) is 5.88 Å². The molecular weight excluding hydrogens is 324 g/mol. The molecule has 1 aromatic heterocycles. The van der Waals surface area contributed by atoms with E-state index < -0.39 is 5.60 Å². The fourth-order valence-corrected chi connectivity index (χ4v) is 2.99. The predicted molar refractivity (Wildman–Crippen MR) is 92.1 cm³/mol. The Morgan fingerprint density at radius 3 is 2.76 bits per heavy atom. The van der Waals surface area contributed by atoms with Crippen molar-refractivity contribution in [3.63, 3.8) is 0 Å². The average Bonchev–Trinajstić information content (AvgIpc) is 2.58. The summed E-state index contributed by atoms with van der Waals surface area (Å²) in [5.74, 6) is 0.214. The van der Waals surface area contributed by atoms with Gasteiger partial charge in [-0.15, -0.1) is 0 Å². The molecule has 3 heterocycles. The van der Waals surface area contributed by atoms with E-state index in [1.807, 2.05) is 26.8 Å². The van der Waals surface area contributed by atoms with E-state index in [1.54, 1.807) is 18.0 Å². The number of carbonyl (C=O) groups excluding carboxylic acids is 2. The molecule has 8 heteroatoms. The van der Waals surface area contributed by atoms with Gasteiger partial charge in [0.15, 0.2) is 0 Å². The molecule has 2 aliphatic heterocycles. The number of pyridine rings is 1. The van der Waals surface area contributed by atoms with Gasteiger partial charge < -0.3 is 24.6 Å². The number of piperazine rings is 1. The Morgan fingerprint density at radius 2 is 2.08 bits per heavy atom. The van der Waals surface area contributed by atoms with Crippen LogP contribution in [-0.2, 0) is 4.74 Å². The van der Waals surface area contributed by atoms with E-state index in [4.69, 9.17) is 9.47 Å². The first kappa shape index (κ1) is 17.3. The van der Waals surface area contributed by atoms with E-state index in [2.05, 4.69) is 15.2 Å². The number of aromatic nitrogens is 1. The lowest BCUT2D eigenvalue weighted by molar-refractivity contribution is 0.0193. The highest BCUT2D eigenvalue weighted by molar-refractivity contribution is 5.92. The molecule has 2 amide bonds. The number of hydrogen-bond acceptors (Lipinski definition) is 6. The van der Waals surface area contributed by atoms with Crippen LogP contribution in [0.1, 0.15) is 31.3 Å². The Morgan fingerprint density at radius 1 is 1.32 bits per heavy atom. The zero-order chi connectivity index (χ0) is 18.2. The molecule has 136 valence electrons. The van der Waals surface area contributed by atoms with Gasteiger partial charge in [-0.3, -0.25) is 4.79 Å². The van der Waals surface area contributed by atoms with Crippen LogP contribution in [0.2, 0.25) is 0 Å². The first-order chi connectivity index (χ1) is 11.8. The minimum atomic E-state index is -0.510. The summed E-state index contributed by atoms with van der Waals surface area (Å²) in [7, 11) is 1.57. The van der Waals surface area contributed by atoms with E-state index >= 15 is 0 Å². The molecule has 0 saturated carbocycles. The van der Waals surface area contributed by atoms with Gasteiger partial charge in [0.1, 0.15) is 23.6 Å². The summed E-state index contributed by atoms with van der Waals surface area (Å²) < 4.78 is 11.2. The summed E-state index contributed by atoms with van der Waals surface area (Å²) >= 11 is 0. The largest absolute Gasteiger partial charge is 0.474 e. The van der Waals surface area contributed by atoms with Crippen LogP contribution < -0.4 is 15.0 Å². The maximum Gasteiger partial charge on any atom is 0.410 e.